The van der Waals surface area contributed by atoms with Gasteiger partial charge in [-0.05, 0) is 31.2 Å². The molecule has 8 nitrogen and oxygen atoms in total. The molecule has 31 heavy (non-hydrogen) atoms. The van der Waals surface area contributed by atoms with Crippen molar-refractivity contribution in [1.29, 1.82) is 0 Å². The van der Waals surface area contributed by atoms with Crippen molar-refractivity contribution < 1.29 is 23.5 Å². The number of rotatable bonds is 6. The number of aryl methyl sites for hydroxylation is 1. The van der Waals surface area contributed by atoms with Crippen molar-refractivity contribution >= 4 is 40.1 Å². The van der Waals surface area contributed by atoms with Gasteiger partial charge in [0, 0.05) is 22.2 Å². The molecule has 3 rings (SSSR count). The average molecular weight is 445 g/mol. The predicted molar refractivity (Wildman–Crippen MR) is 116 cm³/mol. The van der Waals surface area contributed by atoms with Crippen molar-refractivity contribution in [1.82, 2.24) is 4.98 Å². The van der Waals surface area contributed by atoms with Gasteiger partial charge in [-0.15, -0.1) is 0 Å². The number of carbonyl (C=O) groups excluding carboxylic acids is 2. The number of fused-ring (bicyclic) bond motifs is 1. The van der Waals surface area contributed by atoms with Gasteiger partial charge in [0.2, 0.25) is 0 Å². The van der Waals surface area contributed by atoms with Crippen LogP contribution in [0, 0.1) is 12.8 Å². The number of amides is 1. The van der Waals surface area contributed by atoms with Crippen LogP contribution in [0.25, 0.3) is 11.0 Å². The zero-order chi connectivity index (χ0) is 22.7. The highest BCUT2D eigenvalue weighted by molar-refractivity contribution is 6.31. The Balaban J connectivity index is 2.01. The van der Waals surface area contributed by atoms with Crippen LogP contribution in [0.3, 0.4) is 0 Å². The summed E-state index contributed by atoms with van der Waals surface area (Å²) in [5, 5.41) is 3.45. The van der Waals surface area contributed by atoms with Crippen LogP contribution < -0.4 is 15.7 Å². The molecular formula is C22H21ClN2O6. The molecule has 0 radical (unpaired) electrons. The first-order valence-electron chi connectivity index (χ1n) is 9.45. The number of hydrogen-bond acceptors (Lipinski definition) is 7. The number of carbonyl (C=O) groups is 2. The van der Waals surface area contributed by atoms with Gasteiger partial charge >= 0.3 is 11.6 Å². The number of anilines is 1. The van der Waals surface area contributed by atoms with E-state index in [2.05, 4.69) is 10.3 Å². The van der Waals surface area contributed by atoms with Crippen LogP contribution in [0.15, 0.2) is 39.7 Å². The van der Waals surface area contributed by atoms with E-state index in [4.69, 9.17) is 25.5 Å². The van der Waals surface area contributed by atoms with E-state index < -0.39 is 11.5 Å². The van der Waals surface area contributed by atoms with Crippen molar-refractivity contribution in [2.45, 2.75) is 27.4 Å². The maximum absolute atomic E-state index is 12.8. The van der Waals surface area contributed by atoms with Crippen LogP contribution in [-0.2, 0) is 16.1 Å². The van der Waals surface area contributed by atoms with Gasteiger partial charge in [-0.1, -0.05) is 25.4 Å². The highest BCUT2D eigenvalue weighted by atomic mass is 35.5. The summed E-state index contributed by atoms with van der Waals surface area (Å²) in [7, 11) is 1.45. The first-order valence-corrected chi connectivity index (χ1v) is 9.83. The van der Waals surface area contributed by atoms with Crippen molar-refractivity contribution in [3.05, 3.63) is 62.7 Å². The highest BCUT2D eigenvalue weighted by Gasteiger charge is 2.19. The lowest BCUT2D eigenvalue weighted by Crippen LogP contribution is -2.21. The van der Waals surface area contributed by atoms with Gasteiger partial charge in [0.05, 0.1) is 24.4 Å². The minimum absolute atomic E-state index is 0.0717. The molecule has 0 aliphatic rings. The Hall–Kier alpha value is -3.39. The fourth-order valence-corrected chi connectivity index (χ4v) is 3.01. The van der Waals surface area contributed by atoms with Crippen LogP contribution in [0.1, 0.15) is 35.5 Å². The molecule has 0 atom stereocenters. The van der Waals surface area contributed by atoms with Crippen LogP contribution in [0.2, 0.25) is 5.02 Å². The van der Waals surface area contributed by atoms with Crippen LogP contribution in [0.5, 0.6) is 5.75 Å². The Labute approximate surface area is 183 Å². The SMILES string of the molecule is COc1ccc(Cl)cc1NC(=O)c1cc2c(COC(=O)C(C)C)cnc(C)c2oc1=O. The molecule has 1 N–H and O–H groups in total. The standard InChI is InChI=1S/C22H21ClN2O6/c1-11(2)21(27)30-10-13-9-24-12(3)19-15(13)8-16(22(28)31-19)20(26)25-17-7-14(23)5-6-18(17)29-4/h5-9,11H,10H2,1-4H3,(H,25,26). The van der Waals surface area contributed by atoms with Crippen molar-refractivity contribution in [2.24, 2.45) is 5.92 Å². The number of nitrogens with one attached hydrogen (secondary N) is 1. The minimum Gasteiger partial charge on any atom is -0.495 e. The summed E-state index contributed by atoms with van der Waals surface area (Å²) in [5.74, 6) is -0.992. The van der Waals surface area contributed by atoms with E-state index >= 15 is 0 Å². The Bertz CT molecular complexity index is 1220. The van der Waals surface area contributed by atoms with Gasteiger partial charge in [0.25, 0.3) is 5.91 Å². The van der Waals surface area contributed by atoms with Crippen LogP contribution in [0.4, 0.5) is 5.69 Å². The molecule has 2 heterocycles. The minimum atomic E-state index is -0.827. The Morgan fingerprint density at radius 2 is 2.00 bits per heavy atom. The third kappa shape index (κ3) is 4.86. The van der Waals surface area contributed by atoms with Gasteiger partial charge in [-0.3, -0.25) is 14.6 Å². The van der Waals surface area contributed by atoms with E-state index in [0.29, 0.717) is 33.1 Å². The Morgan fingerprint density at radius 1 is 1.26 bits per heavy atom. The summed E-state index contributed by atoms with van der Waals surface area (Å²) >= 11 is 6.00. The summed E-state index contributed by atoms with van der Waals surface area (Å²) in [4.78, 5) is 41.4. The molecule has 0 bridgehead atoms. The monoisotopic (exact) mass is 444 g/mol. The van der Waals surface area contributed by atoms with Gasteiger partial charge in [0.1, 0.15) is 17.9 Å². The molecule has 162 valence electrons. The molecule has 0 saturated carbocycles. The lowest BCUT2D eigenvalue weighted by atomic mass is 10.1. The second-order valence-electron chi connectivity index (χ2n) is 7.12. The van der Waals surface area contributed by atoms with Crippen molar-refractivity contribution in [3.8, 4) is 5.75 Å². The number of nitrogens with zero attached hydrogens (tertiary/aromatic N) is 1. The topological polar surface area (TPSA) is 108 Å². The normalized spacial score (nSPS) is 10.9. The molecule has 0 aliphatic heterocycles. The first kappa shape index (κ1) is 22.3. The Kier molecular flexibility index (Phi) is 6.60. The molecule has 3 aromatic rings. The number of pyridine rings is 1. The molecule has 0 aliphatic carbocycles. The molecule has 2 aromatic heterocycles. The van der Waals surface area contributed by atoms with Gasteiger partial charge in [-0.2, -0.15) is 0 Å². The van der Waals surface area contributed by atoms with Gasteiger partial charge in [-0.25, -0.2) is 4.79 Å². The third-order valence-corrected chi connectivity index (χ3v) is 4.77. The summed E-state index contributed by atoms with van der Waals surface area (Å²) in [6.45, 7) is 5.04. The number of esters is 1. The summed E-state index contributed by atoms with van der Waals surface area (Å²) in [6.07, 6.45) is 1.52. The van der Waals surface area contributed by atoms with E-state index in [0.717, 1.165) is 0 Å². The zero-order valence-electron chi connectivity index (χ0n) is 17.4. The predicted octanol–water partition coefficient (Wildman–Crippen LogP) is 4.11. The van der Waals surface area contributed by atoms with Gasteiger partial charge < -0.3 is 19.2 Å². The summed E-state index contributed by atoms with van der Waals surface area (Å²) < 4.78 is 15.9. The quantitative estimate of drug-likeness (QED) is 0.570. The fourth-order valence-electron chi connectivity index (χ4n) is 2.84. The molecule has 1 amide bonds. The van der Waals surface area contributed by atoms with E-state index in [9.17, 15) is 14.4 Å². The van der Waals surface area contributed by atoms with E-state index in [-0.39, 0.29) is 29.6 Å². The zero-order valence-corrected chi connectivity index (χ0v) is 18.2. The lowest BCUT2D eigenvalue weighted by molar-refractivity contribution is -0.148. The summed E-state index contributed by atoms with van der Waals surface area (Å²) in [5.41, 5.74) is 0.447. The number of aromatic nitrogens is 1. The number of methoxy groups -OCH3 is 1. The smallest absolute Gasteiger partial charge is 0.349 e. The highest BCUT2D eigenvalue weighted by Crippen LogP contribution is 2.28. The van der Waals surface area contributed by atoms with Crippen molar-refractivity contribution in [3.63, 3.8) is 0 Å². The average Bonchev–Trinajstić information content (AvgIpc) is 2.73. The molecule has 0 unspecified atom stereocenters. The molecular weight excluding hydrogens is 424 g/mol. The third-order valence-electron chi connectivity index (χ3n) is 4.53. The fraction of sp³-hybridized carbons (Fsp3) is 0.273. The molecule has 9 heteroatoms. The second kappa shape index (κ2) is 9.18. The number of hydrogen-bond donors (Lipinski definition) is 1. The number of ether oxygens (including phenoxy) is 2. The number of halogens is 1. The second-order valence-corrected chi connectivity index (χ2v) is 7.56. The maximum atomic E-state index is 12.8. The lowest BCUT2D eigenvalue weighted by Gasteiger charge is -2.12. The van der Waals surface area contributed by atoms with Crippen molar-refractivity contribution in [2.75, 3.05) is 12.4 Å². The van der Waals surface area contributed by atoms with E-state index in [1.54, 1.807) is 32.9 Å². The molecule has 1 aromatic carbocycles. The Morgan fingerprint density at radius 3 is 2.68 bits per heavy atom. The van der Waals surface area contributed by atoms with Crippen LogP contribution in [-0.4, -0.2) is 24.0 Å². The van der Waals surface area contributed by atoms with E-state index in [1.807, 2.05) is 0 Å². The largest absolute Gasteiger partial charge is 0.495 e. The van der Waals surface area contributed by atoms with Gasteiger partial charge in [0.15, 0.2) is 5.58 Å². The van der Waals surface area contributed by atoms with E-state index in [1.165, 1.54) is 25.4 Å². The number of benzene rings is 1. The molecule has 0 fully saturated rings. The summed E-state index contributed by atoms with van der Waals surface area (Å²) in [6, 6.07) is 6.12. The molecule has 0 spiro atoms. The van der Waals surface area contributed by atoms with Crippen LogP contribution >= 0.6 is 11.6 Å². The first-order chi connectivity index (χ1) is 14.7. The molecule has 0 saturated heterocycles. The maximum Gasteiger partial charge on any atom is 0.349 e.